The summed E-state index contributed by atoms with van der Waals surface area (Å²) in [7, 11) is 0. The number of nitro groups is 2. The van der Waals surface area contributed by atoms with Crippen molar-refractivity contribution in [2.75, 3.05) is 0 Å². The first-order valence-corrected chi connectivity index (χ1v) is 9.08. The maximum Gasteiger partial charge on any atom is 0.269 e. The summed E-state index contributed by atoms with van der Waals surface area (Å²) < 4.78 is 1.55. The molecule has 0 amide bonds. The lowest BCUT2D eigenvalue weighted by atomic mass is 10.0. The van der Waals surface area contributed by atoms with Crippen LogP contribution in [0.3, 0.4) is 0 Å². The van der Waals surface area contributed by atoms with E-state index in [0.717, 1.165) is 5.56 Å². The summed E-state index contributed by atoms with van der Waals surface area (Å²) in [4.78, 5) is 21.0. The van der Waals surface area contributed by atoms with E-state index in [4.69, 9.17) is 0 Å². The molecule has 150 valence electrons. The van der Waals surface area contributed by atoms with Gasteiger partial charge in [0.15, 0.2) is 0 Å². The quantitative estimate of drug-likeness (QED) is 0.339. The minimum Gasteiger partial charge on any atom is -0.258 e. The molecule has 1 aromatic heterocycles. The molecular formula is C22H13N5O4. The molecule has 1 heterocycles. The van der Waals surface area contributed by atoms with Crippen molar-refractivity contribution in [3.8, 4) is 34.3 Å². The molecule has 3 aromatic carbocycles. The fourth-order valence-corrected chi connectivity index (χ4v) is 3.23. The first-order valence-electron chi connectivity index (χ1n) is 9.08. The number of aromatic nitrogens is 2. The molecule has 0 unspecified atom stereocenters. The third kappa shape index (κ3) is 3.61. The molecule has 0 radical (unpaired) electrons. The molecule has 0 fully saturated rings. The SMILES string of the molecule is N#Cc1c(-c2ccc([N+](=O)[O-])cc2)nn(-c2ccc([N+](=O)[O-])cc2)c1-c1ccccc1. The molecule has 9 nitrogen and oxygen atoms in total. The summed E-state index contributed by atoms with van der Waals surface area (Å²) in [6.07, 6.45) is 0. The van der Waals surface area contributed by atoms with E-state index in [-0.39, 0.29) is 11.4 Å². The van der Waals surface area contributed by atoms with Crippen molar-refractivity contribution >= 4 is 11.4 Å². The van der Waals surface area contributed by atoms with Crippen molar-refractivity contribution in [1.82, 2.24) is 9.78 Å². The van der Waals surface area contributed by atoms with Crippen LogP contribution in [0.5, 0.6) is 0 Å². The average Bonchev–Trinajstić information content (AvgIpc) is 3.19. The summed E-state index contributed by atoms with van der Waals surface area (Å²) in [5.74, 6) is 0. The van der Waals surface area contributed by atoms with Gasteiger partial charge in [0.2, 0.25) is 0 Å². The Morgan fingerprint density at radius 2 is 1.32 bits per heavy atom. The second kappa shape index (κ2) is 7.88. The number of hydrogen-bond donors (Lipinski definition) is 0. The van der Waals surface area contributed by atoms with Crippen molar-refractivity contribution in [3.05, 3.63) is 105 Å². The number of hydrogen-bond acceptors (Lipinski definition) is 6. The second-order valence-corrected chi connectivity index (χ2v) is 6.54. The monoisotopic (exact) mass is 411 g/mol. The zero-order valence-electron chi connectivity index (χ0n) is 15.9. The summed E-state index contributed by atoms with van der Waals surface area (Å²) >= 11 is 0. The van der Waals surface area contributed by atoms with Gasteiger partial charge in [-0.15, -0.1) is 0 Å². The van der Waals surface area contributed by atoms with E-state index in [1.807, 2.05) is 30.3 Å². The Morgan fingerprint density at radius 3 is 1.84 bits per heavy atom. The molecule has 9 heteroatoms. The third-order valence-corrected chi connectivity index (χ3v) is 4.70. The maximum absolute atomic E-state index is 11.0. The van der Waals surface area contributed by atoms with Gasteiger partial charge in [0.05, 0.1) is 21.2 Å². The minimum absolute atomic E-state index is 0.0618. The summed E-state index contributed by atoms with van der Waals surface area (Å²) in [5, 5.41) is 36.5. The zero-order chi connectivity index (χ0) is 22.0. The standard InChI is InChI=1S/C22H13N5O4/c23-14-20-21(15-6-8-18(9-7-15)26(28)29)24-25(22(20)16-4-2-1-3-5-16)17-10-12-19(13-11-17)27(30)31/h1-13H. The number of nitriles is 1. The molecule has 4 aromatic rings. The van der Waals surface area contributed by atoms with Gasteiger partial charge in [-0.1, -0.05) is 30.3 Å². The van der Waals surface area contributed by atoms with Crippen LogP contribution in [0.4, 0.5) is 11.4 Å². The second-order valence-electron chi connectivity index (χ2n) is 6.54. The van der Waals surface area contributed by atoms with Gasteiger partial charge in [-0.2, -0.15) is 10.4 Å². The van der Waals surface area contributed by atoms with Crippen LogP contribution in [0.25, 0.3) is 28.2 Å². The highest BCUT2D eigenvalue weighted by molar-refractivity contribution is 5.79. The van der Waals surface area contributed by atoms with Gasteiger partial charge in [-0.3, -0.25) is 20.2 Å². The Hall–Kier alpha value is -4.84. The first-order chi connectivity index (χ1) is 15.0. The molecular weight excluding hydrogens is 398 g/mol. The maximum atomic E-state index is 11.0. The Kier molecular flexibility index (Phi) is 4.95. The average molecular weight is 411 g/mol. The van der Waals surface area contributed by atoms with Crippen molar-refractivity contribution in [1.29, 1.82) is 5.26 Å². The number of nitrogens with zero attached hydrogens (tertiary/aromatic N) is 5. The predicted molar refractivity (Wildman–Crippen MR) is 112 cm³/mol. The van der Waals surface area contributed by atoms with E-state index < -0.39 is 9.85 Å². The van der Waals surface area contributed by atoms with Crippen LogP contribution in [0.1, 0.15) is 5.56 Å². The Labute approximate surface area is 175 Å². The van der Waals surface area contributed by atoms with E-state index in [9.17, 15) is 25.5 Å². The predicted octanol–water partition coefficient (Wildman–Crippen LogP) is 4.89. The molecule has 0 N–H and O–H groups in total. The normalized spacial score (nSPS) is 10.4. The van der Waals surface area contributed by atoms with Crippen molar-refractivity contribution in [3.63, 3.8) is 0 Å². The van der Waals surface area contributed by atoms with E-state index in [1.165, 1.54) is 36.4 Å². The fraction of sp³-hybridized carbons (Fsp3) is 0. The number of rotatable bonds is 5. The Balaban J connectivity index is 1.94. The van der Waals surface area contributed by atoms with Gasteiger partial charge in [0, 0.05) is 35.4 Å². The topological polar surface area (TPSA) is 128 Å². The molecule has 0 atom stereocenters. The van der Waals surface area contributed by atoms with E-state index >= 15 is 0 Å². The zero-order valence-corrected chi connectivity index (χ0v) is 15.9. The highest BCUT2D eigenvalue weighted by Crippen LogP contribution is 2.34. The van der Waals surface area contributed by atoms with Gasteiger partial charge in [0.1, 0.15) is 17.3 Å². The molecule has 0 aliphatic carbocycles. The fourth-order valence-electron chi connectivity index (χ4n) is 3.23. The molecule has 0 bridgehead atoms. The highest BCUT2D eigenvalue weighted by atomic mass is 16.6. The van der Waals surface area contributed by atoms with Gasteiger partial charge in [-0.25, -0.2) is 4.68 Å². The van der Waals surface area contributed by atoms with Gasteiger partial charge in [-0.05, 0) is 24.3 Å². The van der Waals surface area contributed by atoms with Crippen LogP contribution < -0.4 is 0 Å². The molecule has 31 heavy (non-hydrogen) atoms. The molecule has 0 saturated heterocycles. The van der Waals surface area contributed by atoms with Gasteiger partial charge >= 0.3 is 0 Å². The van der Waals surface area contributed by atoms with Crippen molar-refractivity contribution < 1.29 is 9.85 Å². The van der Waals surface area contributed by atoms with Gasteiger partial charge in [0.25, 0.3) is 11.4 Å². The first kappa shape index (κ1) is 19.5. The summed E-state index contributed by atoms with van der Waals surface area (Å²) in [5.41, 5.74) is 2.85. The van der Waals surface area contributed by atoms with E-state index in [0.29, 0.717) is 28.2 Å². The molecule has 0 aliphatic rings. The molecule has 0 spiro atoms. The number of benzene rings is 3. The van der Waals surface area contributed by atoms with Crippen LogP contribution in [-0.2, 0) is 0 Å². The van der Waals surface area contributed by atoms with E-state index in [1.54, 1.807) is 16.8 Å². The largest absolute Gasteiger partial charge is 0.269 e. The Bertz CT molecular complexity index is 1320. The van der Waals surface area contributed by atoms with Crippen LogP contribution in [-0.4, -0.2) is 19.6 Å². The molecule has 0 saturated carbocycles. The molecule has 4 rings (SSSR count). The van der Waals surface area contributed by atoms with Gasteiger partial charge < -0.3 is 0 Å². The number of non-ortho nitro benzene ring substituents is 2. The van der Waals surface area contributed by atoms with Crippen LogP contribution in [0.2, 0.25) is 0 Å². The lowest BCUT2D eigenvalue weighted by Gasteiger charge is -2.08. The van der Waals surface area contributed by atoms with Crippen molar-refractivity contribution in [2.45, 2.75) is 0 Å². The lowest BCUT2D eigenvalue weighted by Crippen LogP contribution is -2.00. The highest BCUT2D eigenvalue weighted by Gasteiger charge is 2.22. The summed E-state index contributed by atoms with van der Waals surface area (Å²) in [6.45, 7) is 0. The van der Waals surface area contributed by atoms with E-state index in [2.05, 4.69) is 11.2 Å². The Morgan fingerprint density at radius 1 is 0.774 bits per heavy atom. The summed E-state index contributed by atoms with van der Waals surface area (Å²) in [6, 6.07) is 23.0. The van der Waals surface area contributed by atoms with Crippen LogP contribution in [0.15, 0.2) is 78.9 Å². The smallest absolute Gasteiger partial charge is 0.258 e. The molecule has 0 aliphatic heterocycles. The van der Waals surface area contributed by atoms with Crippen molar-refractivity contribution in [2.24, 2.45) is 0 Å². The van der Waals surface area contributed by atoms with Crippen LogP contribution in [0, 0.1) is 31.6 Å². The minimum atomic E-state index is -0.500. The number of nitro benzene ring substituents is 2. The lowest BCUT2D eigenvalue weighted by molar-refractivity contribution is -0.385. The third-order valence-electron chi connectivity index (χ3n) is 4.70. The van der Waals surface area contributed by atoms with Crippen LogP contribution >= 0.6 is 0 Å².